The van der Waals surface area contributed by atoms with Gasteiger partial charge in [-0.3, -0.25) is 0 Å². The number of nitrogens with one attached hydrogen (secondary N) is 1. The molecule has 108 valence electrons. The molecule has 0 aromatic carbocycles. The van der Waals surface area contributed by atoms with E-state index in [0.29, 0.717) is 11.4 Å². The average Bonchev–Trinajstić information content (AvgIpc) is 2.52. The lowest BCUT2D eigenvalue weighted by Gasteiger charge is -2.31. The second kappa shape index (κ2) is 7.86. The molecule has 0 atom stereocenters. The first-order chi connectivity index (χ1) is 9.81. The number of nitriles is 1. The van der Waals surface area contributed by atoms with Crippen LogP contribution in [0.15, 0.2) is 18.3 Å². The Morgan fingerprint density at radius 1 is 1.40 bits per heavy atom. The van der Waals surface area contributed by atoms with Crippen molar-refractivity contribution < 1.29 is 0 Å². The van der Waals surface area contributed by atoms with Gasteiger partial charge >= 0.3 is 0 Å². The van der Waals surface area contributed by atoms with E-state index < -0.39 is 0 Å². The van der Waals surface area contributed by atoms with Crippen molar-refractivity contribution in [2.45, 2.75) is 44.6 Å². The molecule has 0 radical (unpaired) electrons. The zero-order valence-electron chi connectivity index (χ0n) is 12.3. The van der Waals surface area contributed by atoms with Crippen molar-refractivity contribution in [3.8, 4) is 6.07 Å². The third kappa shape index (κ3) is 4.21. The maximum Gasteiger partial charge on any atom is 0.143 e. The number of rotatable bonds is 6. The first-order valence-corrected chi connectivity index (χ1v) is 7.60. The predicted molar refractivity (Wildman–Crippen MR) is 81.6 cm³/mol. The largest absolute Gasteiger partial charge is 0.369 e. The molecule has 0 amide bonds. The Morgan fingerprint density at radius 2 is 2.20 bits per heavy atom. The van der Waals surface area contributed by atoms with Crippen molar-refractivity contribution in [1.29, 1.82) is 5.26 Å². The number of pyridine rings is 1. The topological polar surface area (TPSA) is 52.0 Å². The van der Waals surface area contributed by atoms with Gasteiger partial charge in [-0.25, -0.2) is 4.98 Å². The van der Waals surface area contributed by atoms with Crippen LogP contribution in [0.3, 0.4) is 0 Å². The smallest absolute Gasteiger partial charge is 0.143 e. The summed E-state index contributed by atoms with van der Waals surface area (Å²) in [6.45, 7) is 1.97. The lowest BCUT2D eigenvalue weighted by atomic mass is 9.94. The highest BCUT2D eigenvalue weighted by molar-refractivity contribution is 5.50. The fourth-order valence-corrected chi connectivity index (χ4v) is 2.88. The van der Waals surface area contributed by atoms with Crippen molar-refractivity contribution in [2.75, 3.05) is 25.5 Å². The highest BCUT2D eigenvalue weighted by Crippen LogP contribution is 2.21. The van der Waals surface area contributed by atoms with Gasteiger partial charge in [-0.1, -0.05) is 19.3 Å². The minimum atomic E-state index is 0.619. The van der Waals surface area contributed by atoms with E-state index in [1.165, 1.54) is 32.1 Å². The molecule has 0 saturated heterocycles. The normalized spacial score (nSPS) is 16.1. The summed E-state index contributed by atoms with van der Waals surface area (Å²) in [6.07, 6.45) is 9.67. The third-order valence-corrected chi connectivity index (χ3v) is 4.11. The Bertz CT molecular complexity index is 446. The van der Waals surface area contributed by atoms with Crippen LogP contribution in [0.1, 0.15) is 44.1 Å². The number of hydrogen-bond donors (Lipinski definition) is 1. The van der Waals surface area contributed by atoms with Crippen molar-refractivity contribution in [1.82, 2.24) is 9.88 Å². The Balaban J connectivity index is 1.69. The van der Waals surface area contributed by atoms with E-state index >= 15 is 0 Å². The molecule has 1 heterocycles. The van der Waals surface area contributed by atoms with E-state index in [1.54, 1.807) is 18.3 Å². The van der Waals surface area contributed by atoms with Gasteiger partial charge in [0.2, 0.25) is 0 Å². The molecule has 0 aliphatic heterocycles. The quantitative estimate of drug-likeness (QED) is 0.809. The molecule has 0 unspecified atom stereocenters. The van der Waals surface area contributed by atoms with Crippen LogP contribution in [0.2, 0.25) is 0 Å². The van der Waals surface area contributed by atoms with Gasteiger partial charge in [0.15, 0.2) is 0 Å². The van der Waals surface area contributed by atoms with Gasteiger partial charge in [0, 0.05) is 18.8 Å². The van der Waals surface area contributed by atoms with Crippen LogP contribution in [0.25, 0.3) is 0 Å². The molecule has 1 aliphatic rings. The maximum atomic E-state index is 9.00. The van der Waals surface area contributed by atoms with Crippen LogP contribution in [0, 0.1) is 11.3 Å². The summed E-state index contributed by atoms with van der Waals surface area (Å²) < 4.78 is 0. The van der Waals surface area contributed by atoms with Crippen LogP contribution >= 0.6 is 0 Å². The molecular formula is C16H24N4. The van der Waals surface area contributed by atoms with Gasteiger partial charge in [-0.2, -0.15) is 5.26 Å². The molecule has 1 fully saturated rings. The number of hydrogen-bond acceptors (Lipinski definition) is 4. The van der Waals surface area contributed by atoms with Gasteiger partial charge in [0.05, 0.1) is 5.56 Å². The van der Waals surface area contributed by atoms with Crippen molar-refractivity contribution in [2.24, 2.45) is 0 Å². The second-order valence-corrected chi connectivity index (χ2v) is 5.56. The average molecular weight is 272 g/mol. The first kappa shape index (κ1) is 14.8. The van der Waals surface area contributed by atoms with Gasteiger partial charge in [0.1, 0.15) is 11.9 Å². The molecule has 4 heteroatoms. The lowest BCUT2D eigenvalue weighted by molar-refractivity contribution is 0.191. The summed E-state index contributed by atoms with van der Waals surface area (Å²) in [5, 5.41) is 12.3. The highest BCUT2D eigenvalue weighted by atomic mass is 15.1. The van der Waals surface area contributed by atoms with E-state index in [-0.39, 0.29) is 0 Å². The number of aromatic nitrogens is 1. The van der Waals surface area contributed by atoms with Crippen LogP contribution < -0.4 is 5.32 Å². The third-order valence-electron chi connectivity index (χ3n) is 4.11. The monoisotopic (exact) mass is 272 g/mol. The van der Waals surface area contributed by atoms with E-state index in [4.69, 9.17) is 5.26 Å². The van der Waals surface area contributed by atoms with Crippen molar-refractivity contribution in [3.63, 3.8) is 0 Å². The first-order valence-electron chi connectivity index (χ1n) is 7.60. The molecular weight excluding hydrogens is 248 g/mol. The van der Waals surface area contributed by atoms with E-state index in [9.17, 15) is 0 Å². The summed E-state index contributed by atoms with van der Waals surface area (Å²) in [5.74, 6) is 0.704. The Labute approximate surface area is 121 Å². The van der Waals surface area contributed by atoms with Crippen LogP contribution in [-0.2, 0) is 0 Å². The number of nitrogens with zero attached hydrogens (tertiary/aromatic N) is 3. The van der Waals surface area contributed by atoms with E-state index in [1.807, 2.05) is 0 Å². The minimum Gasteiger partial charge on any atom is -0.369 e. The molecule has 1 aromatic heterocycles. The summed E-state index contributed by atoms with van der Waals surface area (Å²) in [4.78, 5) is 6.70. The van der Waals surface area contributed by atoms with Gasteiger partial charge in [0.25, 0.3) is 0 Å². The molecule has 2 rings (SSSR count). The molecule has 0 spiro atoms. The fourth-order valence-electron chi connectivity index (χ4n) is 2.88. The van der Waals surface area contributed by atoms with Crippen LogP contribution in [0.5, 0.6) is 0 Å². The molecule has 1 saturated carbocycles. The highest BCUT2D eigenvalue weighted by Gasteiger charge is 2.17. The molecule has 4 nitrogen and oxygen atoms in total. The molecule has 1 N–H and O–H groups in total. The molecule has 20 heavy (non-hydrogen) atoms. The molecule has 1 aromatic rings. The van der Waals surface area contributed by atoms with Gasteiger partial charge < -0.3 is 10.2 Å². The SMILES string of the molecule is CN(CCCNc1ncccc1C#N)C1CCCCC1. The van der Waals surface area contributed by atoms with Crippen LogP contribution in [0.4, 0.5) is 5.82 Å². The molecule has 1 aliphatic carbocycles. The number of anilines is 1. The summed E-state index contributed by atoms with van der Waals surface area (Å²) >= 11 is 0. The lowest BCUT2D eigenvalue weighted by Crippen LogP contribution is -2.34. The van der Waals surface area contributed by atoms with Crippen LogP contribution in [-0.4, -0.2) is 36.1 Å². The second-order valence-electron chi connectivity index (χ2n) is 5.56. The zero-order valence-corrected chi connectivity index (χ0v) is 12.3. The van der Waals surface area contributed by atoms with E-state index in [0.717, 1.165) is 25.6 Å². The van der Waals surface area contributed by atoms with E-state index in [2.05, 4.69) is 28.3 Å². The Hall–Kier alpha value is -1.60. The fraction of sp³-hybridized carbons (Fsp3) is 0.625. The Kier molecular flexibility index (Phi) is 5.82. The van der Waals surface area contributed by atoms with Gasteiger partial charge in [-0.05, 0) is 45.0 Å². The standard InChI is InChI=1S/C16H24N4/c1-20(15-8-3-2-4-9-15)12-6-11-19-16-14(13-17)7-5-10-18-16/h5,7,10,15H,2-4,6,8-9,11-12H2,1H3,(H,18,19). The molecule has 0 bridgehead atoms. The zero-order chi connectivity index (χ0) is 14.2. The summed E-state index contributed by atoms with van der Waals surface area (Å²) in [5.41, 5.74) is 0.619. The minimum absolute atomic E-state index is 0.619. The Morgan fingerprint density at radius 3 is 2.95 bits per heavy atom. The van der Waals surface area contributed by atoms with Gasteiger partial charge in [-0.15, -0.1) is 0 Å². The van der Waals surface area contributed by atoms with Crippen molar-refractivity contribution in [3.05, 3.63) is 23.9 Å². The predicted octanol–water partition coefficient (Wildman–Crippen LogP) is 3.02. The van der Waals surface area contributed by atoms with Crippen molar-refractivity contribution >= 4 is 5.82 Å². The summed E-state index contributed by atoms with van der Waals surface area (Å²) in [7, 11) is 2.23. The summed E-state index contributed by atoms with van der Waals surface area (Å²) in [6, 6.07) is 6.52. The maximum absolute atomic E-state index is 9.00.